The summed E-state index contributed by atoms with van der Waals surface area (Å²) >= 11 is 0. The number of rotatable bonds is 4. The largest absolute Gasteiger partial charge is 0.375 e. The third-order valence-electron chi connectivity index (χ3n) is 5.49. The van der Waals surface area contributed by atoms with Gasteiger partial charge < -0.3 is 4.90 Å². The van der Waals surface area contributed by atoms with Gasteiger partial charge in [-0.1, -0.05) is 54.6 Å². The van der Waals surface area contributed by atoms with Gasteiger partial charge in [-0.3, -0.25) is 4.79 Å². The summed E-state index contributed by atoms with van der Waals surface area (Å²) in [4.78, 5) is 15.4. The van der Waals surface area contributed by atoms with Crippen LogP contribution in [0.3, 0.4) is 0 Å². The molecule has 0 spiro atoms. The van der Waals surface area contributed by atoms with Crippen molar-refractivity contribution in [3.05, 3.63) is 77.0 Å². The van der Waals surface area contributed by atoms with Crippen molar-refractivity contribution in [1.29, 1.82) is 0 Å². The third-order valence-corrected chi connectivity index (χ3v) is 5.49. The highest BCUT2D eigenvalue weighted by Crippen LogP contribution is 2.36. The van der Waals surface area contributed by atoms with Crippen LogP contribution in [-0.2, 0) is 6.42 Å². The number of hydrogen-bond donors (Lipinski definition) is 0. The van der Waals surface area contributed by atoms with Crippen molar-refractivity contribution in [2.75, 3.05) is 13.1 Å². The monoisotopic (exact) mass is 411 g/mol. The Bertz CT molecular complexity index is 791. The van der Waals surface area contributed by atoms with E-state index in [2.05, 4.69) is 29.2 Å². The Balaban J connectivity index is 0.00000196. The molecule has 2 aromatic carbocycles. The predicted octanol–water partition coefficient (Wildman–Crippen LogP) is 5.68. The van der Waals surface area contributed by atoms with Gasteiger partial charge in [-0.2, -0.15) is 0 Å². The van der Waals surface area contributed by atoms with Gasteiger partial charge in [0.2, 0.25) is 0 Å². The van der Waals surface area contributed by atoms with Gasteiger partial charge >= 0.3 is 0 Å². The fraction of sp³-hybridized carbons (Fsp3) is 0.348. The number of benzene rings is 2. The summed E-state index contributed by atoms with van der Waals surface area (Å²) in [5.41, 5.74) is 6.18. The molecule has 2 aliphatic rings. The van der Waals surface area contributed by atoms with Gasteiger partial charge in [0.05, 0.1) is 0 Å². The summed E-state index contributed by atoms with van der Waals surface area (Å²) in [5, 5.41) is 0. The molecule has 2 aromatic rings. The lowest BCUT2D eigenvalue weighted by Gasteiger charge is -2.36. The minimum atomic E-state index is 0. The summed E-state index contributed by atoms with van der Waals surface area (Å²) in [5.74, 6) is 0.224. The van der Waals surface area contributed by atoms with Gasteiger partial charge in [-0.25, -0.2) is 0 Å². The second-order valence-corrected chi connectivity index (χ2v) is 7.10. The van der Waals surface area contributed by atoms with E-state index in [0.29, 0.717) is 6.42 Å². The number of carbonyl (C=O) groups excluding carboxylic acids is 1. The highest BCUT2D eigenvalue weighted by molar-refractivity contribution is 8.93. The SMILES string of the molecule is Br.O=C(CC1=C(N2CCCCC2)CCc2ccccc21)c1ccccc1. The molecule has 0 radical (unpaired) electrons. The molecule has 1 heterocycles. The first-order valence-corrected chi connectivity index (χ1v) is 9.46. The van der Waals surface area contributed by atoms with E-state index in [1.54, 1.807) is 0 Å². The van der Waals surface area contributed by atoms with Crippen molar-refractivity contribution in [3.63, 3.8) is 0 Å². The summed E-state index contributed by atoms with van der Waals surface area (Å²) in [6.07, 6.45) is 6.53. The smallest absolute Gasteiger partial charge is 0.167 e. The lowest BCUT2D eigenvalue weighted by Crippen LogP contribution is -2.31. The normalized spacial score (nSPS) is 16.7. The van der Waals surface area contributed by atoms with Crippen LogP contribution in [0.2, 0.25) is 0 Å². The number of Topliss-reactive ketones (excluding diaryl/α,β-unsaturated/α-hetero) is 1. The molecule has 0 atom stereocenters. The number of hydrogen-bond acceptors (Lipinski definition) is 2. The van der Waals surface area contributed by atoms with Gasteiger partial charge in [0.1, 0.15) is 0 Å². The Morgan fingerprint density at radius 2 is 1.54 bits per heavy atom. The molecular weight excluding hydrogens is 386 g/mol. The number of piperidine rings is 1. The topological polar surface area (TPSA) is 20.3 Å². The maximum Gasteiger partial charge on any atom is 0.167 e. The quantitative estimate of drug-likeness (QED) is 0.602. The van der Waals surface area contributed by atoms with E-state index in [-0.39, 0.29) is 22.8 Å². The second-order valence-electron chi connectivity index (χ2n) is 7.10. The number of allylic oxidation sites excluding steroid dienone is 2. The summed E-state index contributed by atoms with van der Waals surface area (Å²) < 4.78 is 0. The molecule has 2 nitrogen and oxygen atoms in total. The molecule has 0 N–H and O–H groups in total. The number of aryl methyl sites for hydroxylation is 1. The first-order valence-electron chi connectivity index (χ1n) is 9.46. The first-order chi connectivity index (χ1) is 12.3. The van der Waals surface area contributed by atoms with Crippen molar-refractivity contribution < 1.29 is 4.79 Å². The van der Waals surface area contributed by atoms with Crippen LogP contribution >= 0.6 is 17.0 Å². The number of likely N-dealkylation sites (tertiary alicyclic amines) is 1. The molecule has 1 fully saturated rings. The third kappa shape index (κ3) is 3.93. The van der Waals surface area contributed by atoms with Crippen molar-refractivity contribution in [2.45, 2.75) is 38.5 Å². The average molecular weight is 412 g/mol. The predicted molar refractivity (Wildman–Crippen MR) is 113 cm³/mol. The summed E-state index contributed by atoms with van der Waals surface area (Å²) in [7, 11) is 0. The molecule has 4 rings (SSSR count). The zero-order valence-corrected chi connectivity index (χ0v) is 16.8. The van der Waals surface area contributed by atoms with Gasteiger partial charge in [0.15, 0.2) is 5.78 Å². The van der Waals surface area contributed by atoms with Gasteiger partial charge in [0, 0.05) is 30.8 Å². The lowest BCUT2D eigenvalue weighted by atomic mass is 9.84. The Labute approximate surface area is 166 Å². The van der Waals surface area contributed by atoms with Crippen LogP contribution in [0.1, 0.15) is 53.6 Å². The number of halogens is 1. The standard InChI is InChI=1S/C23H25NO.BrH/c25-23(19-10-3-1-4-11-19)17-21-20-12-6-5-9-18(20)13-14-22(21)24-15-7-2-8-16-24;/h1,3-6,9-12H,2,7-8,13-17H2;1H. The molecule has 0 bridgehead atoms. The number of nitrogens with zero attached hydrogens (tertiary/aromatic N) is 1. The molecule has 26 heavy (non-hydrogen) atoms. The maximum atomic E-state index is 12.9. The van der Waals surface area contributed by atoms with E-state index in [9.17, 15) is 4.79 Å². The molecule has 0 aromatic heterocycles. The molecule has 1 aliphatic heterocycles. The minimum absolute atomic E-state index is 0. The van der Waals surface area contributed by atoms with Gasteiger partial charge in [0.25, 0.3) is 0 Å². The van der Waals surface area contributed by atoms with E-state index >= 15 is 0 Å². The number of ketones is 1. The molecular formula is C23H26BrNO. The van der Waals surface area contributed by atoms with Gasteiger partial charge in [-0.15, -0.1) is 17.0 Å². The van der Waals surface area contributed by atoms with Crippen LogP contribution < -0.4 is 0 Å². The second kappa shape index (κ2) is 8.68. The molecule has 3 heteroatoms. The number of carbonyl (C=O) groups is 1. The van der Waals surface area contributed by atoms with E-state index in [1.807, 2.05) is 30.3 Å². The van der Waals surface area contributed by atoms with Crippen LogP contribution in [0, 0.1) is 0 Å². The zero-order chi connectivity index (χ0) is 17.1. The lowest BCUT2D eigenvalue weighted by molar-refractivity contribution is 0.0997. The van der Waals surface area contributed by atoms with Crippen LogP contribution in [-0.4, -0.2) is 23.8 Å². The Hall–Kier alpha value is -1.87. The van der Waals surface area contributed by atoms with Crippen molar-refractivity contribution in [1.82, 2.24) is 4.90 Å². The van der Waals surface area contributed by atoms with Crippen molar-refractivity contribution in [2.24, 2.45) is 0 Å². The summed E-state index contributed by atoms with van der Waals surface area (Å²) in [6, 6.07) is 18.3. The van der Waals surface area contributed by atoms with Gasteiger partial charge in [-0.05, 0) is 48.8 Å². The van der Waals surface area contributed by atoms with E-state index in [1.165, 1.54) is 41.7 Å². The molecule has 136 valence electrons. The fourth-order valence-corrected chi connectivity index (χ4v) is 4.19. The van der Waals surface area contributed by atoms with E-state index in [4.69, 9.17) is 0 Å². The number of fused-ring (bicyclic) bond motifs is 1. The van der Waals surface area contributed by atoms with Crippen LogP contribution in [0.4, 0.5) is 0 Å². The van der Waals surface area contributed by atoms with Crippen molar-refractivity contribution >= 4 is 28.3 Å². The summed E-state index contributed by atoms with van der Waals surface area (Å²) in [6.45, 7) is 2.28. The molecule has 0 unspecified atom stereocenters. The van der Waals surface area contributed by atoms with Crippen LogP contribution in [0.15, 0.2) is 60.3 Å². The highest BCUT2D eigenvalue weighted by atomic mass is 79.9. The first kappa shape index (κ1) is 18.9. The minimum Gasteiger partial charge on any atom is -0.375 e. The zero-order valence-electron chi connectivity index (χ0n) is 15.1. The van der Waals surface area contributed by atoms with Crippen LogP contribution in [0.25, 0.3) is 5.57 Å². The van der Waals surface area contributed by atoms with Crippen molar-refractivity contribution in [3.8, 4) is 0 Å². The molecule has 0 saturated carbocycles. The average Bonchev–Trinajstić information content (AvgIpc) is 2.69. The molecule has 1 saturated heterocycles. The Morgan fingerprint density at radius 3 is 2.31 bits per heavy atom. The van der Waals surface area contributed by atoms with Crippen LogP contribution in [0.5, 0.6) is 0 Å². The Morgan fingerprint density at radius 1 is 0.846 bits per heavy atom. The molecule has 1 aliphatic carbocycles. The maximum absolute atomic E-state index is 12.9. The highest BCUT2D eigenvalue weighted by Gasteiger charge is 2.25. The Kier molecular flexibility index (Phi) is 6.31. The van der Waals surface area contributed by atoms with E-state index in [0.717, 1.165) is 31.5 Å². The fourth-order valence-electron chi connectivity index (χ4n) is 4.19. The van der Waals surface area contributed by atoms with E-state index < -0.39 is 0 Å². The molecule has 0 amide bonds.